The molecule has 2 atom stereocenters. The predicted octanol–water partition coefficient (Wildman–Crippen LogP) is 3.09. The summed E-state index contributed by atoms with van der Waals surface area (Å²) < 4.78 is 12.9. The normalized spacial score (nSPS) is 27.5. The van der Waals surface area contributed by atoms with E-state index in [9.17, 15) is 9.90 Å². The van der Waals surface area contributed by atoms with Crippen LogP contribution >= 0.6 is 0 Å². The maximum Gasteiger partial charge on any atom is 0.266 e. The van der Waals surface area contributed by atoms with Crippen LogP contribution in [-0.2, 0) is 13.1 Å². The van der Waals surface area contributed by atoms with Gasteiger partial charge in [0.05, 0.1) is 17.8 Å². The number of ether oxygens (including phenoxy) is 2. The van der Waals surface area contributed by atoms with Crippen molar-refractivity contribution >= 4 is 0 Å². The van der Waals surface area contributed by atoms with Crippen molar-refractivity contribution in [2.24, 2.45) is 0 Å². The second-order valence-electron chi connectivity index (χ2n) is 9.93. The lowest BCUT2D eigenvalue weighted by Crippen LogP contribution is -2.59. The third-order valence-electron chi connectivity index (χ3n) is 7.14. The third kappa shape index (κ3) is 4.28. The Kier molecular flexibility index (Phi) is 5.72. The molecule has 3 aliphatic rings. The molecule has 2 saturated heterocycles. The highest BCUT2D eigenvalue weighted by molar-refractivity contribution is 5.43. The van der Waals surface area contributed by atoms with Gasteiger partial charge in [0.2, 0.25) is 0 Å². The summed E-state index contributed by atoms with van der Waals surface area (Å²) in [5.74, 6) is 1.88. The van der Waals surface area contributed by atoms with Gasteiger partial charge in [0, 0.05) is 24.7 Å². The summed E-state index contributed by atoms with van der Waals surface area (Å²) in [6, 6.07) is 10.2. The highest BCUT2D eigenvalue weighted by Gasteiger charge is 2.45. The van der Waals surface area contributed by atoms with Crippen LogP contribution in [0.15, 0.2) is 35.1 Å². The van der Waals surface area contributed by atoms with Gasteiger partial charge in [0.15, 0.2) is 11.5 Å². The zero-order valence-corrected chi connectivity index (χ0v) is 19.0. The van der Waals surface area contributed by atoms with Crippen molar-refractivity contribution in [1.29, 1.82) is 0 Å². The molecule has 2 unspecified atom stereocenters. The fraction of sp³-hybridized carbons (Fsp3) is 0.600. The van der Waals surface area contributed by atoms with Gasteiger partial charge in [-0.2, -0.15) is 5.10 Å². The number of benzene rings is 1. The van der Waals surface area contributed by atoms with Gasteiger partial charge in [-0.05, 0) is 55.4 Å². The van der Waals surface area contributed by atoms with Crippen molar-refractivity contribution in [3.05, 3.63) is 51.9 Å². The second-order valence-corrected chi connectivity index (χ2v) is 9.93. The molecule has 4 heterocycles. The van der Waals surface area contributed by atoms with Gasteiger partial charge >= 0.3 is 0 Å². The molecule has 1 N–H and O–H groups in total. The van der Waals surface area contributed by atoms with E-state index in [-0.39, 0.29) is 18.0 Å². The topological polar surface area (TPSA) is 76.8 Å². The Morgan fingerprint density at radius 1 is 1.09 bits per heavy atom. The van der Waals surface area contributed by atoms with Crippen LogP contribution in [-0.4, -0.2) is 50.7 Å². The Balaban J connectivity index is 1.33. The molecular formula is C25H33N3O4. The molecule has 1 aromatic heterocycles. The van der Waals surface area contributed by atoms with Crippen molar-refractivity contribution < 1.29 is 14.6 Å². The number of hydrogen-bond donors (Lipinski definition) is 1. The quantitative estimate of drug-likeness (QED) is 0.772. The van der Waals surface area contributed by atoms with Crippen LogP contribution in [0, 0.1) is 0 Å². The predicted molar refractivity (Wildman–Crippen MR) is 121 cm³/mol. The first-order valence-corrected chi connectivity index (χ1v) is 11.8. The number of nitrogens with zero attached hydrogens (tertiary/aromatic N) is 3. The summed E-state index contributed by atoms with van der Waals surface area (Å²) in [5.41, 5.74) is 1.03. The van der Waals surface area contributed by atoms with E-state index in [0.717, 1.165) is 36.6 Å². The molecule has 2 bridgehead atoms. The summed E-state index contributed by atoms with van der Waals surface area (Å²) in [5, 5.41) is 16.1. The monoisotopic (exact) mass is 439 g/mol. The van der Waals surface area contributed by atoms with Gasteiger partial charge < -0.3 is 14.6 Å². The molecule has 7 nitrogen and oxygen atoms in total. The zero-order valence-electron chi connectivity index (χ0n) is 19.0. The maximum absolute atomic E-state index is 12.4. The molecule has 5 rings (SSSR count). The first kappa shape index (κ1) is 21.5. The summed E-state index contributed by atoms with van der Waals surface area (Å²) in [7, 11) is 0. The van der Waals surface area contributed by atoms with Gasteiger partial charge in [-0.15, -0.1) is 0 Å². The zero-order chi connectivity index (χ0) is 22.3. The highest BCUT2D eigenvalue weighted by atomic mass is 16.6. The Labute approximate surface area is 189 Å². The number of hydrogen-bond acceptors (Lipinski definition) is 6. The Morgan fingerprint density at radius 2 is 1.81 bits per heavy atom. The van der Waals surface area contributed by atoms with Crippen molar-refractivity contribution in [2.45, 2.75) is 82.6 Å². The molecular weight excluding hydrogens is 406 g/mol. The van der Waals surface area contributed by atoms with Crippen LogP contribution in [0.25, 0.3) is 0 Å². The summed E-state index contributed by atoms with van der Waals surface area (Å²) in [4.78, 5) is 15.0. The molecule has 0 aliphatic carbocycles. The largest absolute Gasteiger partial charge is 0.486 e. The summed E-state index contributed by atoms with van der Waals surface area (Å²) >= 11 is 0. The molecule has 0 radical (unpaired) electrons. The van der Waals surface area contributed by atoms with E-state index < -0.39 is 5.60 Å². The molecule has 172 valence electrons. The molecule has 7 heteroatoms. The highest BCUT2D eigenvalue weighted by Crippen LogP contribution is 2.41. The minimum atomic E-state index is -0.911. The Bertz CT molecular complexity index is 1020. The fourth-order valence-electron chi connectivity index (χ4n) is 5.57. The van der Waals surface area contributed by atoms with Crippen molar-refractivity contribution in [3.63, 3.8) is 0 Å². The Morgan fingerprint density at radius 3 is 2.53 bits per heavy atom. The number of aliphatic hydroxyl groups is 1. The van der Waals surface area contributed by atoms with Crippen LogP contribution < -0.4 is 15.0 Å². The smallest absolute Gasteiger partial charge is 0.266 e. The van der Waals surface area contributed by atoms with E-state index in [2.05, 4.69) is 36.0 Å². The van der Waals surface area contributed by atoms with E-state index in [4.69, 9.17) is 9.47 Å². The van der Waals surface area contributed by atoms with Gasteiger partial charge in [-0.1, -0.05) is 26.3 Å². The molecule has 0 spiro atoms. The van der Waals surface area contributed by atoms with E-state index in [1.165, 1.54) is 16.7 Å². The number of fused-ring (bicyclic) bond motifs is 3. The van der Waals surface area contributed by atoms with Crippen LogP contribution in [0.1, 0.15) is 63.1 Å². The van der Waals surface area contributed by atoms with Crippen molar-refractivity contribution in [1.82, 2.24) is 14.7 Å². The van der Waals surface area contributed by atoms with E-state index in [1.807, 2.05) is 6.07 Å². The number of aromatic nitrogens is 2. The summed E-state index contributed by atoms with van der Waals surface area (Å²) in [6.45, 7) is 6.41. The van der Waals surface area contributed by atoms with Gasteiger partial charge in [-0.3, -0.25) is 9.69 Å². The van der Waals surface area contributed by atoms with Crippen LogP contribution in [0.3, 0.4) is 0 Å². The standard InChI is InChI=1S/C25H33N3O4/c1-17(2)21-7-9-24(29)28(26-21)16-25(30)13-19-4-3-5-20(14-25)27(19)15-18-6-8-22-23(12-18)32-11-10-31-22/h6-9,12,17,19-20,30H,3-5,10-11,13-16H2,1-2H3. The lowest BCUT2D eigenvalue weighted by molar-refractivity contribution is -0.105. The minimum Gasteiger partial charge on any atom is -0.486 e. The first-order valence-electron chi connectivity index (χ1n) is 11.8. The van der Waals surface area contributed by atoms with Crippen LogP contribution in [0.2, 0.25) is 0 Å². The fourth-order valence-corrected chi connectivity index (χ4v) is 5.57. The second kappa shape index (κ2) is 8.52. The average Bonchev–Trinajstić information content (AvgIpc) is 2.76. The number of piperidine rings is 2. The van der Waals surface area contributed by atoms with E-state index in [0.29, 0.717) is 38.1 Å². The maximum atomic E-state index is 12.4. The van der Waals surface area contributed by atoms with Crippen molar-refractivity contribution in [2.75, 3.05) is 13.2 Å². The molecule has 0 saturated carbocycles. The van der Waals surface area contributed by atoms with E-state index in [1.54, 1.807) is 12.1 Å². The van der Waals surface area contributed by atoms with Crippen LogP contribution in [0.4, 0.5) is 0 Å². The van der Waals surface area contributed by atoms with Gasteiger partial charge in [0.1, 0.15) is 13.2 Å². The molecule has 2 fully saturated rings. The van der Waals surface area contributed by atoms with Crippen molar-refractivity contribution in [3.8, 4) is 11.5 Å². The number of rotatable bonds is 5. The third-order valence-corrected chi connectivity index (χ3v) is 7.14. The Hall–Kier alpha value is -2.38. The van der Waals surface area contributed by atoms with E-state index >= 15 is 0 Å². The van der Waals surface area contributed by atoms with Gasteiger partial charge in [-0.25, -0.2) is 4.68 Å². The molecule has 0 amide bonds. The lowest BCUT2D eigenvalue weighted by Gasteiger charge is -2.52. The molecule has 3 aliphatic heterocycles. The molecule has 1 aromatic carbocycles. The summed E-state index contributed by atoms with van der Waals surface area (Å²) in [6.07, 6.45) is 4.64. The molecule has 2 aromatic rings. The SMILES string of the molecule is CC(C)c1ccc(=O)n(CC2(O)CC3CCCC(C2)N3Cc2ccc3c(c2)OCCO3)n1. The van der Waals surface area contributed by atoms with Crippen LogP contribution in [0.5, 0.6) is 11.5 Å². The average molecular weight is 440 g/mol. The lowest BCUT2D eigenvalue weighted by atomic mass is 9.75. The van der Waals surface area contributed by atoms with Gasteiger partial charge in [0.25, 0.3) is 5.56 Å². The first-order chi connectivity index (χ1) is 15.4. The molecule has 32 heavy (non-hydrogen) atoms. The minimum absolute atomic E-state index is 0.147.